The summed E-state index contributed by atoms with van der Waals surface area (Å²) in [5.41, 5.74) is 4.53. The first-order chi connectivity index (χ1) is 13.1. The normalized spacial score (nSPS) is 11.1. The van der Waals surface area contributed by atoms with Gasteiger partial charge >= 0.3 is 0 Å². The van der Waals surface area contributed by atoms with E-state index in [1.807, 2.05) is 49.2 Å². The van der Waals surface area contributed by atoms with Crippen molar-refractivity contribution in [2.45, 2.75) is 20.0 Å². The van der Waals surface area contributed by atoms with Crippen LogP contribution in [0, 0.1) is 6.92 Å². The van der Waals surface area contributed by atoms with Crippen LogP contribution in [0.15, 0.2) is 55.0 Å². The van der Waals surface area contributed by atoms with Gasteiger partial charge in [0, 0.05) is 37.6 Å². The van der Waals surface area contributed by atoms with E-state index in [9.17, 15) is 0 Å². The lowest BCUT2D eigenvalue weighted by Crippen LogP contribution is -2.20. The first kappa shape index (κ1) is 19.1. The van der Waals surface area contributed by atoms with Crippen molar-refractivity contribution in [2.24, 2.45) is 0 Å². The molecule has 3 aromatic rings. The van der Waals surface area contributed by atoms with E-state index in [1.165, 1.54) is 5.56 Å². The van der Waals surface area contributed by atoms with Gasteiger partial charge in [-0.1, -0.05) is 18.2 Å². The molecule has 0 saturated carbocycles. The Morgan fingerprint density at radius 1 is 1.07 bits per heavy atom. The van der Waals surface area contributed by atoms with Crippen molar-refractivity contribution < 1.29 is 4.74 Å². The molecule has 142 valence electrons. The molecule has 0 bridgehead atoms. The maximum Gasteiger partial charge on any atom is 0.142 e. The molecular weight excluding hydrogens is 338 g/mol. The number of aryl methyl sites for hydroxylation is 1. The smallest absolute Gasteiger partial charge is 0.142 e. The van der Waals surface area contributed by atoms with Gasteiger partial charge in [-0.25, -0.2) is 4.68 Å². The van der Waals surface area contributed by atoms with Crippen LogP contribution in [-0.2, 0) is 13.1 Å². The topological polar surface area (TPSA) is 55.2 Å². The van der Waals surface area contributed by atoms with E-state index in [2.05, 4.69) is 39.4 Å². The summed E-state index contributed by atoms with van der Waals surface area (Å²) in [7, 11) is 4.07. The second-order valence-corrected chi connectivity index (χ2v) is 6.76. The van der Waals surface area contributed by atoms with Gasteiger partial charge in [-0.05, 0) is 44.8 Å². The second kappa shape index (κ2) is 9.30. The molecular formula is C21H27N5O. The summed E-state index contributed by atoms with van der Waals surface area (Å²) in [6.45, 7) is 5.04. The van der Waals surface area contributed by atoms with E-state index in [0.717, 1.165) is 29.2 Å². The van der Waals surface area contributed by atoms with Crippen molar-refractivity contribution in [2.75, 3.05) is 27.2 Å². The molecule has 0 fully saturated rings. The molecule has 0 amide bonds. The lowest BCUT2D eigenvalue weighted by molar-refractivity contribution is 0.258. The summed E-state index contributed by atoms with van der Waals surface area (Å²) < 4.78 is 7.87. The van der Waals surface area contributed by atoms with Gasteiger partial charge in [-0.2, -0.15) is 5.10 Å². The molecule has 1 aromatic carbocycles. The predicted molar refractivity (Wildman–Crippen MR) is 107 cm³/mol. The van der Waals surface area contributed by atoms with Gasteiger partial charge in [-0.3, -0.25) is 4.98 Å². The van der Waals surface area contributed by atoms with Gasteiger partial charge in [-0.15, -0.1) is 0 Å². The average molecular weight is 365 g/mol. The largest absolute Gasteiger partial charge is 0.490 e. The Morgan fingerprint density at radius 2 is 1.93 bits per heavy atom. The van der Waals surface area contributed by atoms with E-state index in [1.54, 1.807) is 12.4 Å². The molecule has 2 heterocycles. The number of likely N-dealkylation sites (N-methyl/N-ethyl adjacent to an activating group) is 1. The minimum atomic E-state index is 0.645. The van der Waals surface area contributed by atoms with Crippen LogP contribution in [-0.4, -0.2) is 46.9 Å². The van der Waals surface area contributed by atoms with Crippen LogP contribution < -0.4 is 10.1 Å². The van der Waals surface area contributed by atoms with E-state index < -0.39 is 0 Å². The number of nitrogens with zero attached hydrogens (tertiary/aromatic N) is 4. The SMILES string of the molecule is Cc1ccccc1-n1nccc1CNCc1ccncc1OCCN(C)C. The van der Waals surface area contributed by atoms with E-state index in [4.69, 9.17) is 4.74 Å². The fourth-order valence-electron chi connectivity index (χ4n) is 2.83. The van der Waals surface area contributed by atoms with Crippen LogP contribution in [0.1, 0.15) is 16.8 Å². The van der Waals surface area contributed by atoms with Crippen molar-refractivity contribution in [3.8, 4) is 11.4 Å². The van der Waals surface area contributed by atoms with Crippen molar-refractivity contribution >= 4 is 0 Å². The van der Waals surface area contributed by atoms with Crippen LogP contribution in [0.2, 0.25) is 0 Å². The summed E-state index contributed by atoms with van der Waals surface area (Å²) >= 11 is 0. The molecule has 0 radical (unpaired) electrons. The number of pyridine rings is 1. The monoisotopic (exact) mass is 365 g/mol. The minimum Gasteiger partial charge on any atom is -0.490 e. The number of hydrogen-bond donors (Lipinski definition) is 1. The fourth-order valence-corrected chi connectivity index (χ4v) is 2.83. The Labute approximate surface area is 160 Å². The van der Waals surface area contributed by atoms with E-state index >= 15 is 0 Å². The van der Waals surface area contributed by atoms with Gasteiger partial charge in [0.1, 0.15) is 12.4 Å². The molecule has 0 unspecified atom stereocenters. The quantitative estimate of drug-likeness (QED) is 0.632. The molecule has 0 spiro atoms. The first-order valence-corrected chi connectivity index (χ1v) is 9.15. The molecule has 0 aliphatic rings. The molecule has 1 N–H and O–H groups in total. The Balaban J connectivity index is 1.62. The molecule has 2 aromatic heterocycles. The number of para-hydroxylation sites is 1. The average Bonchev–Trinajstić information content (AvgIpc) is 3.11. The van der Waals surface area contributed by atoms with Gasteiger partial charge < -0.3 is 15.0 Å². The Kier molecular flexibility index (Phi) is 6.57. The number of rotatable bonds is 9. The van der Waals surface area contributed by atoms with Crippen molar-refractivity contribution in [3.05, 3.63) is 71.8 Å². The third kappa shape index (κ3) is 5.15. The molecule has 0 aliphatic carbocycles. The third-order valence-electron chi connectivity index (χ3n) is 4.35. The Hall–Kier alpha value is -2.70. The highest BCUT2D eigenvalue weighted by Crippen LogP contribution is 2.17. The molecule has 0 saturated heterocycles. The van der Waals surface area contributed by atoms with E-state index in [0.29, 0.717) is 19.7 Å². The summed E-state index contributed by atoms with van der Waals surface area (Å²) in [5.74, 6) is 0.833. The highest BCUT2D eigenvalue weighted by Gasteiger charge is 2.08. The molecule has 27 heavy (non-hydrogen) atoms. The Bertz CT molecular complexity index is 859. The van der Waals surface area contributed by atoms with Crippen LogP contribution in [0.4, 0.5) is 0 Å². The maximum absolute atomic E-state index is 5.88. The standard InChI is InChI=1S/C21H27N5O/c1-17-6-4-5-7-20(17)26-19(9-11-24-26)15-23-14-18-8-10-22-16-21(18)27-13-12-25(2)3/h4-11,16,23H,12-15H2,1-3H3. The van der Waals surface area contributed by atoms with Crippen LogP contribution in [0.25, 0.3) is 5.69 Å². The summed E-state index contributed by atoms with van der Waals surface area (Å²) in [4.78, 5) is 6.28. The summed E-state index contributed by atoms with van der Waals surface area (Å²) in [6, 6.07) is 12.3. The molecule has 0 atom stereocenters. The highest BCUT2D eigenvalue weighted by atomic mass is 16.5. The Morgan fingerprint density at radius 3 is 2.74 bits per heavy atom. The lowest BCUT2D eigenvalue weighted by atomic mass is 10.2. The third-order valence-corrected chi connectivity index (χ3v) is 4.35. The summed E-state index contributed by atoms with van der Waals surface area (Å²) in [6.07, 6.45) is 5.42. The van der Waals surface area contributed by atoms with Gasteiger partial charge in [0.25, 0.3) is 0 Å². The zero-order valence-electron chi connectivity index (χ0n) is 16.2. The number of aromatic nitrogens is 3. The zero-order chi connectivity index (χ0) is 19.1. The number of nitrogens with one attached hydrogen (secondary N) is 1. The number of ether oxygens (including phenoxy) is 1. The first-order valence-electron chi connectivity index (χ1n) is 9.15. The minimum absolute atomic E-state index is 0.645. The van der Waals surface area contributed by atoms with Crippen LogP contribution in [0.5, 0.6) is 5.75 Å². The maximum atomic E-state index is 5.88. The highest BCUT2D eigenvalue weighted by molar-refractivity contribution is 5.40. The molecule has 6 heteroatoms. The van der Waals surface area contributed by atoms with Crippen molar-refractivity contribution in [3.63, 3.8) is 0 Å². The molecule has 6 nitrogen and oxygen atoms in total. The number of hydrogen-bond acceptors (Lipinski definition) is 5. The zero-order valence-corrected chi connectivity index (χ0v) is 16.2. The second-order valence-electron chi connectivity index (χ2n) is 6.76. The van der Waals surface area contributed by atoms with Crippen LogP contribution >= 0.6 is 0 Å². The molecule has 3 rings (SSSR count). The van der Waals surface area contributed by atoms with Crippen molar-refractivity contribution in [1.29, 1.82) is 0 Å². The number of benzene rings is 1. The van der Waals surface area contributed by atoms with Gasteiger partial charge in [0.05, 0.1) is 17.6 Å². The van der Waals surface area contributed by atoms with Gasteiger partial charge in [0.15, 0.2) is 0 Å². The lowest BCUT2D eigenvalue weighted by Gasteiger charge is -2.14. The summed E-state index contributed by atoms with van der Waals surface area (Å²) in [5, 5.41) is 7.98. The fraction of sp³-hybridized carbons (Fsp3) is 0.333. The van der Waals surface area contributed by atoms with Crippen molar-refractivity contribution in [1.82, 2.24) is 25.0 Å². The van der Waals surface area contributed by atoms with E-state index in [-0.39, 0.29) is 0 Å². The molecule has 0 aliphatic heterocycles. The van der Waals surface area contributed by atoms with Gasteiger partial charge in [0.2, 0.25) is 0 Å². The van der Waals surface area contributed by atoms with Crippen LogP contribution in [0.3, 0.4) is 0 Å². The predicted octanol–water partition coefficient (Wildman–Crippen LogP) is 2.81.